The molecule has 0 saturated carbocycles. The standard InChI is InChI=1S/C21H29ClN2O5/c1-14(25)4-2-6-24-7-5-15(18(26)13-24)12-23-21(27)17-10-16(22)11-19-20(17)29-9-3-8-28-19/h10-11,15,18,26H,2-9,12-13H2,1H3,(H,23,27)/t15-,18?/m0/s1. The number of benzene rings is 1. The zero-order valence-electron chi connectivity index (χ0n) is 16.8. The number of halogens is 1. The van der Waals surface area contributed by atoms with E-state index < -0.39 is 6.10 Å². The van der Waals surface area contributed by atoms with Crippen molar-refractivity contribution in [2.45, 2.75) is 38.7 Å². The van der Waals surface area contributed by atoms with Gasteiger partial charge in [-0.15, -0.1) is 0 Å². The molecule has 8 heteroatoms. The minimum absolute atomic E-state index is 0.0158. The molecule has 0 radical (unpaired) electrons. The summed E-state index contributed by atoms with van der Waals surface area (Å²) in [5, 5.41) is 13.8. The fraction of sp³-hybridized carbons (Fsp3) is 0.619. The summed E-state index contributed by atoms with van der Waals surface area (Å²) >= 11 is 6.15. The lowest BCUT2D eigenvalue weighted by atomic mass is 9.93. The second kappa shape index (κ2) is 10.3. The maximum Gasteiger partial charge on any atom is 0.255 e. The van der Waals surface area contributed by atoms with E-state index in [4.69, 9.17) is 21.1 Å². The Hall–Kier alpha value is -1.83. The quantitative estimate of drug-likeness (QED) is 0.698. The number of hydrogen-bond donors (Lipinski definition) is 2. The zero-order valence-corrected chi connectivity index (χ0v) is 17.5. The number of ketones is 1. The molecule has 1 fully saturated rings. The number of ether oxygens (including phenoxy) is 2. The molecule has 0 bridgehead atoms. The van der Waals surface area contributed by atoms with Crippen molar-refractivity contribution in [2.75, 3.05) is 39.4 Å². The summed E-state index contributed by atoms with van der Waals surface area (Å²) in [6, 6.07) is 3.24. The van der Waals surface area contributed by atoms with E-state index >= 15 is 0 Å². The summed E-state index contributed by atoms with van der Waals surface area (Å²) in [6.07, 6.45) is 2.39. The van der Waals surface area contributed by atoms with Gasteiger partial charge in [-0.05, 0) is 38.9 Å². The Kier molecular flexibility index (Phi) is 7.75. The fourth-order valence-electron chi connectivity index (χ4n) is 3.77. The third kappa shape index (κ3) is 6.07. The van der Waals surface area contributed by atoms with Gasteiger partial charge in [-0.2, -0.15) is 0 Å². The van der Waals surface area contributed by atoms with E-state index in [-0.39, 0.29) is 17.6 Å². The highest BCUT2D eigenvalue weighted by molar-refractivity contribution is 6.31. The highest BCUT2D eigenvalue weighted by Crippen LogP contribution is 2.36. The SMILES string of the molecule is CC(=O)CCCN1CC[C@@H](CNC(=O)c2cc(Cl)cc3c2OCCCO3)C(O)C1. The Morgan fingerprint density at radius 2 is 2.10 bits per heavy atom. The van der Waals surface area contributed by atoms with Gasteiger partial charge in [0, 0.05) is 42.9 Å². The monoisotopic (exact) mass is 424 g/mol. The Morgan fingerprint density at radius 1 is 1.31 bits per heavy atom. The molecule has 7 nitrogen and oxygen atoms in total. The Balaban J connectivity index is 1.54. The first-order chi connectivity index (χ1) is 13.9. The predicted molar refractivity (Wildman–Crippen MR) is 110 cm³/mol. The molecule has 2 N–H and O–H groups in total. The second-order valence-electron chi connectivity index (χ2n) is 7.76. The highest BCUT2D eigenvalue weighted by atomic mass is 35.5. The van der Waals surface area contributed by atoms with Crippen molar-refractivity contribution in [2.24, 2.45) is 5.92 Å². The average Bonchev–Trinajstić information content (AvgIpc) is 2.91. The van der Waals surface area contributed by atoms with Gasteiger partial charge in [0.05, 0.1) is 24.9 Å². The van der Waals surface area contributed by atoms with Crippen LogP contribution >= 0.6 is 11.6 Å². The van der Waals surface area contributed by atoms with Crippen molar-refractivity contribution < 1.29 is 24.2 Å². The van der Waals surface area contributed by atoms with E-state index in [1.807, 2.05) is 0 Å². The molecule has 29 heavy (non-hydrogen) atoms. The molecule has 3 rings (SSSR count). The first kappa shape index (κ1) is 21.9. The van der Waals surface area contributed by atoms with Crippen LogP contribution in [0.5, 0.6) is 11.5 Å². The van der Waals surface area contributed by atoms with Crippen molar-refractivity contribution in [3.05, 3.63) is 22.7 Å². The number of amides is 1. The van der Waals surface area contributed by atoms with E-state index in [2.05, 4.69) is 10.2 Å². The first-order valence-electron chi connectivity index (χ1n) is 10.2. The Bertz CT molecular complexity index is 742. The molecule has 0 spiro atoms. The molecule has 1 aromatic carbocycles. The minimum atomic E-state index is -0.516. The number of β-amino-alcohol motifs (C(OH)–C–C–N with tert-alkyl or cyclic N) is 1. The number of rotatable bonds is 7. The number of Topliss-reactive ketones (excluding diaryl/α,β-unsaturated/α-hetero) is 1. The fourth-order valence-corrected chi connectivity index (χ4v) is 3.97. The van der Waals surface area contributed by atoms with Crippen LogP contribution < -0.4 is 14.8 Å². The molecular formula is C21H29ClN2O5. The van der Waals surface area contributed by atoms with Gasteiger partial charge in [-0.1, -0.05) is 11.6 Å². The number of aliphatic hydroxyl groups is 1. The normalized spacial score (nSPS) is 22.0. The number of nitrogens with zero attached hydrogens (tertiary/aromatic N) is 1. The zero-order chi connectivity index (χ0) is 20.8. The number of carbonyl (C=O) groups excluding carboxylic acids is 2. The van der Waals surface area contributed by atoms with Gasteiger partial charge in [0.15, 0.2) is 11.5 Å². The third-order valence-electron chi connectivity index (χ3n) is 5.39. The van der Waals surface area contributed by atoms with Crippen LogP contribution in [0.4, 0.5) is 0 Å². The highest BCUT2D eigenvalue weighted by Gasteiger charge is 2.28. The van der Waals surface area contributed by atoms with Crippen molar-refractivity contribution in [1.82, 2.24) is 10.2 Å². The molecule has 1 unspecified atom stereocenters. The van der Waals surface area contributed by atoms with E-state index in [9.17, 15) is 14.7 Å². The molecule has 0 aromatic heterocycles. The van der Waals surface area contributed by atoms with Gasteiger partial charge < -0.3 is 29.6 Å². The van der Waals surface area contributed by atoms with Crippen molar-refractivity contribution in [1.29, 1.82) is 0 Å². The third-order valence-corrected chi connectivity index (χ3v) is 5.61. The van der Waals surface area contributed by atoms with Crippen LogP contribution in [0.15, 0.2) is 12.1 Å². The molecule has 0 aliphatic carbocycles. The maximum atomic E-state index is 12.8. The maximum absolute atomic E-state index is 12.8. The van der Waals surface area contributed by atoms with Gasteiger partial charge >= 0.3 is 0 Å². The number of aliphatic hydroxyl groups excluding tert-OH is 1. The summed E-state index contributed by atoms with van der Waals surface area (Å²) in [5.74, 6) is 0.795. The van der Waals surface area contributed by atoms with Crippen LogP contribution in [0.1, 0.15) is 43.0 Å². The second-order valence-corrected chi connectivity index (χ2v) is 8.20. The lowest BCUT2D eigenvalue weighted by Gasteiger charge is -2.36. The van der Waals surface area contributed by atoms with Gasteiger partial charge in [-0.3, -0.25) is 4.79 Å². The number of piperidine rings is 1. The number of hydrogen-bond acceptors (Lipinski definition) is 6. The minimum Gasteiger partial charge on any atom is -0.489 e. The largest absolute Gasteiger partial charge is 0.489 e. The molecule has 2 aliphatic heterocycles. The molecular weight excluding hydrogens is 396 g/mol. The molecule has 1 aromatic rings. The lowest BCUT2D eigenvalue weighted by molar-refractivity contribution is -0.117. The van der Waals surface area contributed by atoms with Crippen LogP contribution in [-0.4, -0.2) is 67.2 Å². The van der Waals surface area contributed by atoms with E-state index in [0.29, 0.717) is 54.8 Å². The number of nitrogens with one attached hydrogen (secondary N) is 1. The summed E-state index contributed by atoms with van der Waals surface area (Å²) in [6.45, 7) is 5.19. The van der Waals surface area contributed by atoms with Crippen molar-refractivity contribution in [3.63, 3.8) is 0 Å². The van der Waals surface area contributed by atoms with Gasteiger partial charge in [0.1, 0.15) is 5.78 Å². The van der Waals surface area contributed by atoms with Crippen LogP contribution in [0, 0.1) is 5.92 Å². The van der Waals surface area contributed by atoms with Gasteiger partial charge in [0.2, 0.25) is 0 Å². The van der Waals surface area contributed by atoms with Crippen molar-refractivity contribution in [3.8, 4) is 11.5 Å². The van der Waals surface area contributed by atoms with Crippen LogP contribution in [-0.2, 0) is 4.79 Å². The first-order valence-corrected chi connectivity index (χ1v) is 10.6. The van der Waals surface area contributed by atoms with Crippen LogP contribution in [0.3, 0.4) is 0 Å². The molecule has 1 amide bonds. The van der Waals surface area contributed by atoms with E-state index in [1.54, 1.807) is 19.1 Å². The molecule has 2 heterocycles. The Labute approximate surface area is 176 Å². The predicted octanol–water partition coefficient (Wildman–Crippen LogP) is 2.28. The molecule has 1 saturated heterocycles. The molecule has 2 aliphatic rings. The van der Waals surface area contributed by atoms with Crippen molar-refractivity contribution >= 4 is 23.3 Å². The summed E-state index contributed by atoms with van der Waals surface area (Å²) in [7, 11) is 0. The molecule has 160 valence electrons. The summed E-state index contributed by atoms with van der Waals surface area (Å²) in [4.78, 5) is 26.0. The lowest BCUT2D eigenvalue weighted by Crippen LogP contribution is -2.47. The van der Waals surface area contributed by atoms with E-state index in [0.717, 1.165) is 32.4 Å². The van der Waals surface area contributed by atoms with Crippen LogP contribution in [0.25, 0.3) is 0 Å². The number of carbonyl (C=O) groups is 2. The summed E-state index contributed by atoms with van der Waals surface area (Å²) < 4.78 is 11.3. The summed E-state index contributed by atoms with van der Waals surface area (Å²) in [5.41, 5.74) is 0.352. The van der Waals surface area contributed by atoms with Gasteiger partial charge in [0.25, 0.3) is 5.91 Å². The van der Waals surface area contributed by atoms with E-state index in [1.165, 1.54) is 0 Å². The number of likely N-dealkylation sites (tertiary alicyclic amines) is 1. The van der Waals surface area contributed by atoms with Crippen LogP contribution in [0.2, 0.25) is 5.02 Å². The number of fused-ring (bicyclic) bond motifs is 1. The van der Waals surface area contributed by atoms with Gasteiger partial charge in [-0.25, -0.2) is 0 Å². The smallest absolute Gasteiger partial charge is 0.255 e. The Morgan fingerprint density at radius 3 is 2.86 bits per heavy atom. The molecule has 2 atom stereocenters. The topological polar surface area (TPSA) is 88.1 Å². The average molecular weight is 425 g/mol.